The van der Waals surface area contributed by atoms with Crippen LogP contribution in [-0.2, 0) is 6.54 Å². The molecule has 0 spiro atoms. The molecule has 0 saturated heterocycles. The molecule has 0 radical (unpaired) electrons. The quantitative estimate of drug-likeness (QED) is 0.350. The number of carbonyl (C=O) groups is 2. The molecule has 3 aromatic heterocycles. The summed E-state index contributed by atoms with van der Waals surface area (Å²) in [6.45, 7) is 2.36. The van der Waals surface area contributed by atoms with Crippen molar-refractivity contribution in [3.63, 3.8) is 0 Å². The lowest BCUT2D eigenvalue weighted by atomic mass is 10.0. The Kier molecular flexibility index (Phi) is 5.50. The van der Waals surface area contributed by atoms with Gasteiger partial charge < -0.3 is 15.1 Å². The van der Waals surface area contributed by atoms with E-state index in [0.29, 0.717) is 22.2 Å². The van der Waals surface area contributed by atoms with E-state index >= 15 is 0 Å². The number of thiophene rings is 1. The maximum atomic E-state index is 13.0. The Bertz CT molecular complexity index is 1440. The van der Waals surface area contributed by atoms with Gasteiger partial charge in [0.1, 0.15) is 5.82 Å². The summed E-state index contributed by atoms with van der Waals surface area (Å²) in [4.78, 5) is 25.7. The fourth-order valence-corrected chi connectivity index (χ4v) is 4.64. The zero-order chi connectivity index (χ0) is 22.8. The summed E-state index contributed by atoms with van der Waals surface area (Å²) < 4.78 is 6.88. The molecule has 2 amide bonds. The maximum Gasteiger partial charge on any atom is 0.291 e. The molecule has 0 aliphatic rings. The first-order valence-corrected chi connectivity index (χ1v) is 11.2. The Morgan fingerprint density at radius 3 is 2.70 bits per heavy atom. The number of rotatable bonds is 6. The van der Waals surface area contributed by atoms with E-state index in [4.69, 9.17) is 4.42 Å². The number of hydrogen-bond acceptors (Lipinski definition) is 5. The third-order valence-electron chi connectivity index (χ3n) is 5.26. The molecule has 5 rings (SSSR count). The van der Waals surface area contributed by atoms with Crippen LogP contribution in [0.3, 0.4) is 0 Å². The largest absolute Gasteiger partial charge is 0.459 e. The minimum Gasteiger partial charge on any atom is -0.459 e. The molecule has 0 aliphatic heterocycles. The van der Waals surface area contributed by atoms with E-state index < -0.39 is 0 Å². The number of nitrogens with one attached hydrogen (secondary N) is 2. The number of hydrogen-bond donors (Lipinski definition) is 2. The fourth-order valence-electron chi connectivity index (χ4n) is 3.68. The molecule has 2 aromatic carbocycles. The van der Waals surface area contributed by atoms with Gasteiger partial charge in [-0.2, -0.15) is 5.10 Å². The molecule has 7 nitrogen and oxygen atoms in total. The van der Waals surface area contributed by atoms with E-state index in [9.17, 15) is 9.59 Å². The standard InChI is InChI=1S/C25H20N4O3S/c1-16-14-22(28-24(30)20-10-5-13-32-20)33-23(16)25(31)27-21-11-12-26-29(21)15-18-8-4-7-17-6-2-3-9-19(17)18/h2-14H,15H2,1H3,(H,27,31)(H,28,30). The van der Waals surface area contributed by atoms with Crippen LogP contribution < -0.4 is 10.6 Å². The van der Waals surface area contributed by atoms with E-state index in [2.05, 4.69) is 40.0 Å². The van der Waals surface area contributed by atoms with Gasteiger partial charge in [0.2, 0.25) is 0 Å². The number of aromatic nitrogens is 2. The Morgan fingerprint density at radius 2 is 1.85 bits per heavy atom. The second-order valence-corrected chi connectivity index (χ2v) is 8.57. The van der Waals surface area contributed by atoms with Crippen molar-refractivity contribution in [3.8, 4) is 0 Å². The van der Waals surface area contributed by atoms with Crippen molar-refractivity contribution in [3.05, 3.63) is 101 Å². The molecular weight excluding hydrogens is 436 g/mol. The predicted molar refractivity (Wildman–Crippen MR) is 129 cm³/mol. The van der Waals surface area contributed by atoms with Crippen molar-refractivity contribution in [2.45, 2.75) is 13.5 Å². The maximum absolute atomic E-state index is 13.0. The second kappa shape index (κ2) is 8.76. The monoisotopic (exact) mass is 456 g/mol. The van der Waals surface area contributed by atoms with Crippen molar-refractivity contribution >= 4 is 44.7 Å². The van der Waals surface area contributed by atoms with E-state index in [1.165, 1.54) is 17.6 Å². The SMILES string of the molecule is Cc1cc(NC(=O)c2ccco2)sc1C(=O)Nc1ccnn1Cc1cccc2ccccc12. The highest BCUT2D eigenvalue weighted by atomic mass is 32.1. The molecule has 3 heterocycles. The molecule has 0 bridgehead atoms. The lowest BCUT2D eigenvalue weighted by Crippen LogP contribution is -2.16. The summed E-state index contributed by atoms with van der Waals surface area (Å²) in [6.07, 6.45) is 3.10. The van der Waals surface area contributed by atoms with Gasteiger partial charge in [-0.25, -0.2) is 4.68 Å². The van der Waals surface area contributed by atoms with Gasteiger partial charge in [0.25, 0.3) is 11.8 Å². The van der Waals surface area contributed by atoms with Gasteiger partial charge in [-0.15, -0.1) is 11.3 Å². The predicted octanol–water partition coefficient (Wildman–Crippen LogP) is 5.55. The summed E-state index contributed by atoms with van der Waals surface area (Å²) in [6, 6.07) is 21.1. The van der Waals surface area contributed by atoms with Gasteiger partial charge in [-0.05, 0) is 47.0 Å². The molecule has 33 heavy (non-hydrogen) atoms. The molecule has 0 fully saturated rings. The van der Waals surface area contributed by atoms with E-state index in [1.807, 2.05) is 25.1 Å². The summed E-state index contributed by atoms with van der Waals surface area (Å²) in [7, 11) is 0. The number of fused-ring (bicyclic) bond motifs is 1. The van der Waals surface area contributed by atoms with E-state index in [0.717, 1.165) is 21.9 Å². The van der Waals surface area contributed by atoms with Crippen LogP contribution >= 0.6 is 11.3 Å². The number of aryl methyl sites for hydroxylation is 1. The van der Waals surface area contributed by atoms with Crippen molar-refractivity contribution in [1.29, 1.82) is 0 Å². The first-order chi connectivity index (χ1) is 16.1. The van der Waals surface area contributed by atoms with Crippen LogP contribution in [0.1, 0.15) is 31.4 Å². The highest BCUT2D eigenvalue weighted by molar-refractivity contribution is 7.18. The van der Waals surface area contributed by atoms with Crippen molar-refractivity contribution in [2.75, 3.05) is 10.6 Å². The van der Waals surface area contributed by atoms with Gasteiger partial charge in [-0.3, -0.25) is 9.59 Å². The number of nitrogens with zero attached hydrogens (tertiary/aromatic N) is 2. The molecule has 5 aromatic rings. The molecular formula is C25H20N4O3S. The van der Waals surface area contributed by atoms with Gasteiger partial charge >= 0.3 is 0 Å². The van der Waals surface area contributed by atoms with Crippen LogP contribution in [-0.4, -0.2) is 21.6 Å². The molecule has 2 N–H and O–H groups in total. The van der Waals surface area contributed by atoms with Gasteiger partial charge in [0.15, 0.2) is 5.76 Å². The molecule has 164 valence electrons. The molecule has 0 saturated carbocycles. The van der Waals surface area contributed by atoms with Crippen LogP contribution in [0.4, 0.5) is 10.8 Å². The smallest absolute Gasteiger partial charge is 0.291 e. The van der Waals surface area contributed by atoms with Crippen molar-refractivity contribution in [2.24, 2.45) is 0 Å². The average molecular weight is 457 g/mol. The number of anilines is 2. The van der Waals surface area contributed by atoms with Crippen LogP contribution in [0.5, 0.6) is 0 Å². The number of furan rings is 1. The highest BCUT2D eigenvalue weighted by Gasteiger charge is 2.18. The van der Waals surface area contributed by atoms with Crippen LogP contribution in [0.25, 0.3) is 10.8 Å². The van der Waals surface area contributed by atoms with Crippen molar-refractivity contribution in [1.82, 2.24) is 9.78 Å². The number of benzene rings is 2. The van der Waals surface area contributed by atoms with Gasteiger partial charge in [0, 0.05) is 6.07 Å². The van der Waals surface area contributed by atoms with E-state index in [-0.39, 0.29) is 17.6 Å². The minimum absolute atomic E-state index is 0.212. The first-order valence-electron chi connectivity index (χ1n) is 10.3. The average Bonchev–Trinajstić information content (AvgIpc) is 3.56. The summed E-state index contributed by atoms with van der Waals surface area (Å²) in [5, 5.41) is 13.0. The lowest BCUT2D eigenvalue weighted by Gasteiger charge is -2.11. The normalized spacial score (nSPS) is 10.9. The third-order valence-corrected chi connectivity index (χ3v) is 6.42. The van der Waals surface area contributed by atoms with Crippen LogP contribution in [0, 0.1) is 6.92 Å². The third kappa shape index (κ3) is 4.28. The van der Waals surface area contributed by atoms with Gasteiger partial charge in [-0.1, -0.05) is 42.5 Å². The van der Waals surface area contributed by atoms with E-state index in [1.54, 1.807) is 35.1 Å². The van der Waals surface area contributed by atoms with Crippen molar-refractivity contribution < 1.29 is 14.0 Å². The summed E-state index contributed by atoms with van der Waals surface area (Å²) in [5.74, 6) is 0.198. The lowest BCUT2D eigenvalue weighted by molar-refractivity contribution is 0.0995. The summed E-state index contributed by atoms with van der Waals surface area (Å²) >= 11 is 1.21. The van der Waals surface area contributed by atoms with Crippen LogP contribution in [0.15, 0.2) is 83.6 Å². The minimum atomic E-state index is -0.360. The number of amides is 2. The van der Waals surface area contributed by atoms with Gasteiger partial charge in [0.05, 0.1) is 28.9 Å². The highest BCUT2D eigenvalue weighted by Crippen LogP contribution is 2.28. The Morgan fingerprint density at radius 1 is 1.00 bits per heavy atom. The topological polar surface area (TPSA) is 89.2 Å². The molecule has 0 aliphatic carbocycles. The second-order valence-electron chi connectivity index (χ2n) is 7.52. The first kappa shape index (κ1) is 20.7. The fraction of sp³-hybridized carbons (Fsp3) is 0.0800. The Balaban J connectivity index is 1.33. The molecule has 0 atom stereocenters. The Labute approximate surface area is 193 Å². The molecule has 8 heteroatoms. The number of carbonyl (C=O) groups excluding carboxylic acids is 2. The Hall–Kier alpha value is -4.17. The summed E-state index contributed by atoms with van der Waals surface area (Å²) in [5.41, 5.74) is 1.88. The molecule has 0 unspecified atom stereocenters. The van der Waals surface area contributed by atoms with Crippen LogP contribution in [0.2, 0.25) is 0 Å². The zero-order valence-electron chi connectivity index (χ0n) is 17.7. The zero-order valence-corrected chi connectivity index (χ0v) is 18.6.